The molecule has 0 aliphatic heterocycles. The number of rotatable bonds is 7. The van der Waals surface area contributed by atoms with Crippen molar-refractivity contribution < 1.29 is 14.3 Å². The molecule has 3 heterocycles. The number of ether oxygens (including phenoxy) is 1. The van der Waals surface area contributed by atoms with E-state index in [1.54, 1.807) is 18.4 Å². The molecule has 0 aromatic carbocycles. The van der Waals surface area contributed by atoms with Crippen molar-refractivity contribution in [3.05, 3.63) is 51.1 Å². The summed E-state index contributed by atoms with van der Waals surface area (Å²) in [5.41, 5.74) is 0.778. The van der Waals surface area contributed by atoms with Gasteiger partial charge in [-0.2, -0.15) is 5.10 Å². The van der Waals surface area contributed by atoms with Gasteiger partial charge in [-0.05, 0) is 24.4 Å². The Hall–Kier alpha value is -2.85. The van der Waals surface area contributed by atoms with Gasteiger partial charge in [0.15, 0.2) is 5.13 Å². The average Bonchev–Trinajstić information content (AvgIpc) is 3.29. The highest BCUT2D eigenvalue weighted by Crippen LogP contribution is 2.21. The molecule has 0 atom stereocenters. The van der Waals surface area contributed by atoms with E-state index in [2.05, 4.69) is 15.4 Å². The molecule has 1 N–H and O–H groups in total. The van der Waals surface area contributed by atoms with E-state index >= 15 is 0 Å². The lowest BCUT2D eigenvalue weighted by Crippen LogP contribution is -2.29. The summed E-state index contributed by atoms with van der Waals surface area (Å²) in [4.78, 5) is 40.8. The number of aromatic nitrogens is 3. The van der Waals surface area contributed by atoms with Crippen molar-refractivity contribution in [2.75, 3.05) is 11.9 Å². The standard InChI is InChI=1S/C17H16N4O4S2/c1-2-25-16(24)8-11-10-27-17(18-11)19-14(22)9-21-15(23)6-5-12(20-21)13-4-3-7-26-13/h3-7,10H,2,8-9H2,1H3,(H,18,19,22). The molecule has 1 amide bonds. The highest BCUT2D eigenvalue weighted by atomic mass is 32.1. The van der Waals surface area contributed by atoms with Crippen LogP contribution in [0.1, 0.15) is 12.6 Å². The van der Waals surface area contributed by atoms with Gasteiger partial charge in [-0.3, -0.25) is 14.4 Å². The SMILES string of the molecule is CCOC(=O)Cc1csc(NC(=O)Cn2nc(-c3cccs3)ccc2=O)n1. The van der Waals surface area contributed by atoms with Crippen LogP contribution >= 0.6 is 22.7 Å². The number of carbonyl (C=O) groups is 2. The molecule has 0 aliphatic rings. The molecule has 0 fully saturated rings. The number of amides is 1. The van der Waals surface area contributed by atoms with Crippen LogP contribution in [0.2, 0.25) is 0 Å². The van der Waals surface area contributed by atoms with Gasteiger partial charge in [0.2, 0.25) is 5.91 Å². The minimum Gasteiger partial charge on any atom is -0.466 e. The quantitative estimate of drug-likeness (QED) is 0.606. The number of nitrogens with one attached hydrogen (secondary N) is 1. The molecule has 140 valence electrons. The molecule has 0 saturated carbocycles. The summed E-state index contributed by atoms with van der Waals surface area (Å²) >= 11 is 2.70. The van der Waals surface area contributed by atoms with Crippen LogP contribution in [0.25, 0.3) is 10.6 Å². The van der Waals surface area contributed by atoms with E-state index in [1.165, 1.54) is 28.7 Å². The first-order valence-corrected chi connectivity index (χ1v) is 9.83. The first-order valence-electron chi connectivity index (χ1n) is 8.07. The summed E-state index contributed by atoms with van der Waals surface area (Å²) in [7, 11) is 0. The Balaban J connectivity index is 1.64. The van der Waals surface area contributed by atoms with Gasteiger partial charge in [-0.15, -0.1) is 22.7 Å². The number of carbonyl (C=O) groups excluding carboxylic acids is 2. The molecule has 0 bridgehead atoms. The normalized spacial score (nSPS) is 10.6. The molecule has 3 aromatic heterocycles. The van der Waals surface area contributed by atoms with Gasteiger partial charge in [0, 0.05) is 11.4 Å². The number of esters is 1. The minimum atomic E-state index is -0.426. The van der Waals surface area contributed by atoms with Crippen LogP contribution in [0.4, 0.5) is 5.13 Å². The molecule has 0 aliphatic carbocycles. The lowest BCUT2D eigenvalue weighted by Gasteiger charge is -2.06. The molecule has 8 nitrogen and oxygen atoms in total. The van der Waals surface area contributed by atoms with Crippen molar-refractivity contribution in [3.63, 3.8) is 0 Å². The highest BCUT2D eigenvalue weighted by Gasteiger charge is 2.12. The van der Waals surface area contributed by atoms with Crippen molar-refractivity contribution in [2.24, 2.45) is 0 Å². The summed E-state index contributed by atoms with van der Waals surface area (Å²) < 4.78 is 5.97. The smallest absolute Gasteiger partial charge is 0.311 e. The molecular formula is C17H16N4O4S2. The van der Waals surface area contributed by atoms with Crippen molar-refractivity contribution in [3.8, 4) is 10.6 Å². The van der Waals surface area contributed by atoms with Crippen molar-refractivity contribution in [1.29, 1.82) is 0 Å². The molecule has 3 rings (SSSR count). The van der Waals surface area contributed by atoms with Gasteiger partial charge in [0.05, 0.1) is 23.6 Å². The molecule has 3 aromatic rings. The van der Waals surface area contributed by atoms with E-state index in [0.717, 1.165) is 9.56 Å². The number of hydrogen-bond acceptors (Lipinski definition) is 8. The van der Waals surface area contributed by atoms with Crippen LogP contribution in [0.3, 0.4) is 0 Å². The highest BCUT2D eigenvalue weighted by molar-refractivity contribution is 7.14. The third kappa shape index (κ3) is 5.08. The lowest BCUT2D eigenvalue weighted by atomic mass is 10.3. The third-order valence-corrected chi connectivity index (χ3v) is 5.06. The van der Waals surface area contributed by atoms with Crippen molar-refractivity contribution >= 4 is 39.7 Å². The monoisotopic (exact) mass is 404 g/mol. The zero-order valence-corrected chi connectivity index (χ0v) is 16.0. The fourth-order valence-electron chi connectivity index (χ4n) is 2.22. The van der Waals surface area contributed by atoms with E-state index in [-0.39, 0.29) is 24.5 Å². The predicted molar refractivity (Wildman–Crippen MR) is 103 cm³/mol. The van der Waals surface area contributed by atoms with Crippen LogP contribution in [-0.2, 0) is 27.3 Å². The van der Waals surface area contributed by atoms with Crippen molar-refractivity contribution in [2.45, 2.75) is 19.9 Å². The van der Waals surface area contributed by atoms with Gasteiger partial charge >= 0.3 is 5.97 Å². The summed E-state index contributed by atoms with van der Waals surface area (Å²) in [6.45, 7) is 1.80. The van der Waals surface area contributed by atoms with Crippen molar-refractivity contribution in [1.82, 2.24) is 14.8 Å². The van der Waals surface area contributed by atoms with Crippen LogP contribution in [0.15, 0.2) is 39.8 Å². The van der Waals surface area contributed by atoms with Crippen LogP contribution in [-0.4, -0.2) is 33.2 Å². The number of nitrogens with zero attached hydrogens (tertiary/aromatic N) is 3. The molecule has 27 heavy (non-hydrogen) atoms. The fourth-order valence-corrected chi connectivity index (χ4v) is 3.64. The summed E-state index contributed by atoms with van der Waals surface area (Å²) in [6, 6.07) is 6.80. The number of anilines is 1. The fraction of sp³-hybridized carbons (Fsp3) is 0.235. The number of thiophene rings is 1. The Labute approximate surface area is 162 Å². The molecule has 0 spiro atoms. The lowest BCUT2D eigenvalue weighted by molar-refractivity contribution is -0.142. The first kappa shape index (κ1) is 18.9. The molecule has 0 saturated heterocycles. The zero-order valence-electron chi connectivity index (χ0n) is 14.4. The van der Waals surface area contributed by atoms with Gasteiger partial charge in [0.1, 0.15) is 12.2 Å². The second kappa shape index (κ2) is 8.69. The molecule has 10 heteroatoms. The Morgan fingerprint density at radius 2 is 2.11 bits per heavy atom. The topological polar surface area (TPSA) is 103 Å². The number of hydrogen-bond donors (Lipinski definition) is 1. The molecular weight excluding hydrogens is 388 g/mol. The maximum absolute atomic E-state index is 12.2. The summed E-state index contributed by atoms with van der Waals surface area (Å²) in [5.74, 6) is -0.799. The van der Waals surface area contributed by atoms with E-state index in [0.29, 0.717) is 23.1 Å². The molecule has 0 unspecified atom stereocenters. The van der Waals surface area contributed by atoms with E-state index in [9.17, 15) is 14.4 Å². The first-order chi connectivity index (χ1) is 13.0. The van der Waals surface area contributed by atoms with Gasteiger partial charge in [-0.1, -0.05) is 6.07 Å². The van der Waals surface area contributed by atoms with Gasteiger partial charge < -0.3 is 10.1 Å². The summed E-state index contributed by atoms with van der Waals surface area (Å²) in [6.07, 6.45) is 0.0457. The number of thiazole rings is 1. The maximum Gasteiger partial charge on any atom is 0.311 e. The largest absolute Gasteiger partial charge is 0.466 e. The zero-order chi connectivity index (χ0) is 19.2. The van der Waals surface area contributed by atoms with Crippen LogP contribution in [0.5, 0.6) is 0 Å². The molecule has 0 radical (unpaired) electrons. The summed E-state index contributed by atoms with van der Waals surface area (Å²) in [5, 5.41) is 10.8. The third-order valence-electron chi connectivity index (χ3n) is 3.36. The maximum atomic E-state index is 12.2. The van der Waals surface area contributed by atoms with Gasteiger partial charge in [0.25, 0.3) is 5.56 Å². The van der Waals surface area contributed by atoms with E-state index < -0.39 is 5.91 Å². The average molecular weight is 404 g/mol. The van der Waals surface area contributed by atoms with Gasteiger partial charge in [-0.25, -0.2) is 9.67 Å². The van der Waals surface area contributed by atoms with Crippen LogP contribution < -0.4 is 10.9 Å². The van der Waals surface area contributed by atoms with E-state index in [1.807, 2.05) is 17.5 Å². The second-order valence-corrected chi connectivity index (χ2v) is 7.17. The van der Waals surface area contributed by atoms with E-state index in [4.69, 9.17) is 4.74 Å². The minimum absolute atomic E-state index is 0.0457. The Morgan fingerprint density at radius 3 is 2.85 bits per heavy atom. The second-order valence-electron chi connectivity index (χ2n) is 5.37. The Morgan fingerprint density at radius 1 is 1.26 bits per heavy atom. The predicted octanol–water partition coefficient (Wildman–Crippen LogP) is 2.17. The Kier molecular flexibility index (Phi) is 6.09. The van der Waals surface area contributed by atoms with Crippen LogP contribution in [0, 0.1) is 0 Å². The Bertz CT molecular complexity index is 995.